The van der Waals surface area contributed by atoms with E-state index in [1.54, 1.807) is 18.4 Å². The second kappa shape index (κ2) is 6.20. The number of nitrogens with zero attached hydrogens (tertiary/aromatic N) is 3. The van der Waals surface area contributed by atoms with E-state index >= 15 is 0 Å². The highest BCUT2D eigenvalue weighted by atomic mass is 32.1. The number of nitrogens with one attached hydrogen (secondary N) is 1. The molecule has 22 heavy (non-hydrogen) atoms. The van der Waals surface area contributed by atoms with E-state index in [0.29, 0.717) is 15.0 Å². The molecule has 1 N–H and O–H groups in total. The van der Waals surface area contributed by atoms with Gasteiger partial charge in [-0.1, -0.05) is 11.3 Å². The van der Waals surface area contributed by atoms with Gasteiger partial charge in [-0.3, -0.25) is 10.1 Å². The molecule has 3 heterocycles. The molecule has 0 aliphatic heterocycles. The van der Waals surface area contributed by atoms with E-state index in [1.807, 2.05) is 26.0 Å². The standard InChI is InChI=1S/C14H12N4O2S2/c1-8-12(21-9(2)15-8)13(19)16-14-18-17-11(22-14)6-5-10-4-3-7-20-10/h3-7H,1-2H3,(H,16,18,19). The van der Waals surface area contributed by atoms with E-state index in [4.69, 9.17) is 4.42 Å². The highest BCUT2D eigenvalue weighted by Gasteiger charge is 2.15. The fourth-order valence-electron chi connectivity index (χ4n) is 1.79. The largest absolute Gasteiger partial charge is 0.465 e. The zero-order chi connectivity index (χ0) is 15.5. The Labute approximate surface area is 134 Å². The SMILES string of the molecule is Cc1nc(C)c(C(=O)Nc2nnc(C=Cc3ccco3)s2)s1. The van der Waals surface area contributed by atoms with Crippen LogP contribution in [0.25, 0.3) is 12.2 Å². The van der Waals surface area contributed by atoms with Crippen molar-refractivity contribution < 1.29 is 9.21 Å². The number of aryl methyl sites for hydroxylation is 2. The van der Waals surface area contributed by atoms with Crippen LogP contribution in [-0.2, 0) is 0 Å². The molecule has 0 spiro atoms. The van der Waals surface area contributed by atoms with Gasteiger partial charge in [-0.05, 0) is 38.1 Å². The molecule has 6 nitrogen and oxygen atoms in total. The summed E-state index contributed by atoms with van der Waals surface area (Å²) in [5, 5.41) is 12.7. The van der Waals surface area contributed by atoms with Crippen molar-refractivity contribution in [2.24, 2.45) is 0 Å². The van der Waals surface area contributed by atoms with Crippen LogP contribution in [0.15, 0.2) is 22.8 Å². The first-order chi connectivity index (χ1) is 10.6. The quantitative estimate of drug-likeness (QED) is 0.789. The molecule has 0 aromatic carbocycles. The van der Waals surface area contributed by atoms with Gasteiger partial charge in [0.2, 0.25) is 5.13 Å². The van der Waals surface area contributed by atoms with Crippen molar-refractivity contribution in [3.63, 3.8) is 0 Å². The Balaban J connectivity index is 1.69. The number of aromatic nitrogens is 3. The van der Waals surface area contributed by atoms with Gasteiger partial charge >= 0.3 is 0 Å². The molecule has 3 rings (SSSR count). The lowest BCUT2D eigenvalue weighted by atomic mass is 10.4. The van der Waals surface area contributed by atoms with E-state index in [-0.39, 0.29) is 5.91 Å². The Morgan fingerprint density at radius 1 is 1.27 bits per heavy atom. The lowest BCUT2D eigenvalue weighted by molar-refractivity contribution is 0.102. The molecule has 8 heteroatoms. The predicted molar refractivity (Wildman–Crippen MR) is 87.1 cm³/mol. The topological polar surface area (TPSA) is 80.9 Å². The number of rotatable bonds is 4. The summed E-state index contributed by atoms with van der Waals surface area (Å²) in [4.78, 5) is 17.0. The van der Waals surface area contributed by atoms with Crippen molar-refractivity contribution in [1.82, 2.24) is 15.2 Å². The fraction of sp³-hybridized carbons (Fsp3) is 0.143. The predicted octanol–water partition coefficient (Wildman–Crippen LogP) is 3.63. The Bertz CT molecular complexity index is 818. The average Bonchev–Trinajstić information content (AvgIpc) is 3.18. The third kappa shape index (κ3) is 3.29. The summed E-state index contributed by atoms with van der Waals surface area (Å²) in [6.07, 6.45) is 5.18. The molecule has 0 aliphatic carbocycles. The van der Waals surface area contributed by atoms with Crippen LogP contribution < -0.4 is 5.32 Å². The van der Waals surface area contributed by atoms with E-state index in [9.17, 15) is 4.79 Å². The summed E-state index contributed by atoms with van der Waals surface area (Å²) in [5.74, 6) is 0.525. The van der Waals surface area contributed by atoms with E-state index in [2.05, 4.69) is 20.5 Å². The van der Waals surface area contributed by atoms with Crippen LogP contribution in [0.1, 0.15) is 31.1 Å². The number of hydrogen-bond donors (Lipinski definition) is 1. The molecule has 0 unspecified atom stereocenters. The van der Waals surface area contributed by atoms with Crippen molar-refractivity contribution >= 4 is 45.9 Å². The molecule has 0 saturated carbocycles. The number of carbonyl (C=O) groups excluding carboxylic acids is 1. The lowest BCUT2D eigenvalue weighted by Crippen LogP contribution is -2.11. The Morgan fingerprint density at radius 3 is 2.82 bits per heavy atom. The lowest BCUT2D eigenvalue weighted by Gasteiger charge is -1.97. The van der Waals surface area contributed by atoms with Crippen molar-refractivity contribution in [1.29, 1.82) is 0 Å². The molecule has 0 atom stereocenters. The summed E-state index contributed by atoms with van der Waals surface area (Å²) < 4.78 is 5.19. The van der Waals surface area contributed by atoms with Gasteiger partial charge in [-0.15, -0.1) is 21.5 Å². The number of amides is 1. The van der Waals surface area contributed by atoms with Crippen LogP contribution in [0.4, 0.5) is 5.13 Å². The number of furan rings is 1. The first-order valence-corrected chi connectivity index (χ1v) is 8.05. The van der Waals surface area contributed by atoms with Gasteiger partial charge in [0, 0.05) is 0 Å². The van der Waals surface area contributed by atoms with Crippen LogP contribution in [0.2, 0.25) is 0 Å². The van der Waals surface area contributed by atoms with Gasteiger partial charge in [0.1, 0.15) is 15.6 Å². The summed E-state index contributed by atoms with van der Waals surface area (Å²) in [6, 6.07) is 3.65. The zero-order valence-electron chi connectivity index (χ0n) is 11.9. The summed E-state index contributed by atoms with van der Waals surface area (Å²) in [5.41, 5.74) is 0.724. The third-order valence-electron chi connectivity index (χ3n) is 2.70. The van der Waals surface area contributed by atoms with Crippen molar-refractivity contribution in [2.45, 2.75) is 13.8 Å². The smallest absolute Gasteiger partial charge is 0.269 e. The first kappa shape index (κ1) is 14.6. The van der Waals surface area contributed by atoms with Crippen LogP contribution >= 0.6 is 22.7 Å². The molecule has 0 fully saturated rings. The highest BCUT2D eigenvalue weighted by molar-refractivity contribution is 7.16. The van der Waals surface area contributed by atoms with Crippen molar-refractivity contribution in [2.75, 3.05) is 5.32 Å². The maximum atomic E-state index is 12.2. The van der Waals surface area contributed by atoms with Crippen LogP contribution in [-0.4, -0.2) is 21.1 Å². The van der Waals surface area contributed by atoms with Gasteiger partial charge in [0.05, 0.1) is 17.0 Å². The summed E-state index contributed by atoms with van der Waals surface area (Å²) >= 11 is 2.66. The Morgan fingerprint density at radius 2 is 2.14 bits per heavy atom. The minimum absolute atomic E-state index is 0.208. The van der Waals surface area contributed by atoms with Crippen LogP contribution in [0, 0.1) is 13.8 Å². The van der Waals surface area contributed by atoms with Gasteiger partial charge in [-0.25, -0.2) is 4.98 Å². The second-order valence-electron chi connectivity index (χ2n) is 4.40. The average molecular weight is 332 g/mol. The molecule has 0 saturated heterocycles. The molecule has 0 radical (unpaired) electrons. The minimum Gasteiger partial charge on any atom is -0.465 e. The number of anilines is 1. The maximum absolute atomic E-state index is 12.2. The second-order valence-corrected chi connectivity index (χ2v) is 6.61. The summed E-state index contributed by atoms with van der Waals surface area (Å²) in [6.45, 7) is 3.69. The summed E-state index contributed by atoms with van der Waals surface area (Å²) in [7, 11) is 0. The fourth-order valence-corrected chi connectivity index (χ4v) is 3.24. The van der Waals surface area contributed by atoms with Crippen LogP contribution in [0.5, 0.6) is 0 Å². The van der Waals surface area contributed by atoms with Gasteiger partial charge < -0.3 is 4.42 Å². The van der Waals surface area contributed by atoms with Gasteiger partial charge in [0.15, 0.2) is 0 Å². The van der Waals surface area contributed by atoms with Crippen molar-refractivity contribution in [3.8, 4) is 0 Å². The molecule has 1 amide bonds. The van der Waals surface area contributed by atoms with Gasteiger partial charge in [-0.2, -0.15) is 0 Å². The van der Waals surface area contributed by atoms with E-state index in [0.717, 1.165) is 16.5 Å². The van der Waals surface area contributed by atoms with E-state index in [1.165, 1.54) is 22.7 Å². The molecular weight excluding hydrogens is 320 g/mol. The third-order valence-corrected chi connectivity index (χ3v) is 4.58. The normalized spacial score (nSPS) is 11.2. The molecule has 3 aromatic heterocycles. The molecule has 3 aromatic rings. The Kier molecular flexibility index (Phi) is 4.12. The monoisotopic (exact) mass is 332 g/mol. The maximum Gasteiger partial charge on any atom is 0.269 e. The number of hydrogen-bond acceptors (Lipinski definition) is 7. The number of thiazole rings is 1. The highest BCUT2D eigenvalue weighted by Crippen LogP contribution is 2.22. The first-order valence-electron chi connectivity index (χ1n) is 6.42. The molecular formula is C14H12N4O2S2. The molecule has 112 valence electrons. The van der Waals surface area contributed by atoms with Gasteiger partial charge in [0.25, 0.3) is 5.91 Å². The Hall–Kier alpha value is -2.32. The van der Waals surface area contributed by atoms with Crippen LogP contribution in [0.3, 0.4) is 0 Å². The molecule has 0 bridgehead atoms. The van der Waals surface area contributed by atoms with Crippen molar-refractivity contribution in [3.05, 3.63) is 44.7 Å². The van der Waals surface area contributed by atoms with E-state index < -0.39 is 0 Å². The molecule has 0 aliphatic rings. The minimum atomic E-state index is -0.208. The zero-order valence-corrected chi connectivity index (χ0v) is 13.5. The number of carbonyl (C=O) groups is 1.